The van der Waals surface area contributed by atoms with Crippen LogP contribution in [0.4, 0.5) is 0 Å². The summed E-state index contributed by atoms with van der Waals surface area (Å²) in [6.07, 6.45) is 1.53. The third-order valence-electron chi connectivity index (χ3n) is 2.72. The standard InChI is InChI=1S/C12H12N2O3S2/c1-9-10(5-6-17-9)8-14(2)19(15,16)12-4-3-11(7-13)18-12/h3-6H,8H2,1-2H3. The smallest absolute Gasteiger partial charge is 0.252 e. The fraction of sp³-hybridized carbons (Fsp3) is 0.250. The fourth-order valence-corrected chi connectivity index (χ4v) is 4.04. The zero-order chi connectivity index (χ0) is 14.0. The summed E-state index contributed by atoms with van der Waals surface area (Å²) in [7, 11) is -2.05. The Labute approximate surface area is 115 Å². The van der Waals surface area contributed by atoms with Crippen LogP contribution in [0.3, 0.4) is 0 Å². The van der Waals surface area contributed by atoms with E-state index in [-0.39, 0.29) is 10.8 Å². The van der Waals surface area contributed by atoms with Crippen molar-refractivity contribution < 1.29 is 12.8 Å². The van der Waals surface area contributed by atoms with Gasteiger partial charge in [0.25, 0.3) is 10.0 Å². The highest BCUT2D eigenvalue weighted by atomic mass is 32.2. The van der Waals surface area contributed by atoms with Gasteiger partial charge in [-0.15, -0.1) is 11.3 Å². The molecule has 0 aliphatic rings. The molecule has 5 nitrogen and oxygen atoms in total. The first-order chi connectivity index (χ1) is 8.95. The average Bonchev–Trinajstić information content (AvgIpc) is 2.99. The molecule has 0 amide bonds. The van der Waals surface area contributed by atoms with Gasteiger partial charge in [0.05, 0.1) is 6.26 Å². The highest BCUT2D eigenvalue weighted by Crippen LogP contribution is 2.25. The molecule has 0 atom stereocenters. The molecule has 0 radical (unpaired) electrons. The minimum absolute atomic E-state index is 0.174. The maximum absolute atomic E-state index is 12.3. The van der Waals surface area contributed by atoms with Crippen molar-refractivity contribution in [3.05, 3.63) is 40.7 Å². The van der Waals surface area contributed by atoms with Crippen LogP contribution in [-0.2, 0) is 16.6 Å². The van der Waals surface area contributed by atoms with E-state index in [4.69, 9.17) is 9.68 Å². The Hall–Kier alpha value is -1.62. The van der Waals surface area contributed by atoms with Crippen LogP contribution in [0.2, 0.25) is 0 Å². The van der Waals surface area contributed by atoms with Crippen LogP contribution in [0.1, 0.15) is 16.2 Å². The predicted molar refractivity (Wildman–Crippen MR) is 71.1 cm³/mol. The number of rotatable bonds is 4. The molecule has 2 aromatic rings. The van der Waals surface area contributed by atoms with E-state index in [9.17, 15) is 8.42 Å². The molecule has 2 aromatic heterocycles. The van der Waals surface area contributed by atoms with E-state index in [1.165, 1.54) is 29.7 Å². The fourth-order valence-electron chi connectivity index (χ4n) is 1.57. The van der Waals surface area contributed by atoms with E-state index >= 15 is 0 Å². The normalized spacial score (nSPS) is 11.7. The lowest BCUT2D eigenvalue weighted by atomic mass is 10.3. The first-order valence-electron chi connectivity index (χ1n) is 5.44. The van der Waals surface area contributed by atoms with Gasteiger partial charge in [0, 0.05) is 19.2 Å². The monoisotopic (exact) mass is 296 g/mol. The van der Waals surface area contributed by atoms with Crippen LogP contribution < -0.4 is 0 Å². The van der Waals surface area contributed by atoms with E-state index in [1.54, 1.807) is 13.0 Å². The molecular formula is C12H12N2O3S2. The second-order valence-electron chi connectivity index (χ2n) is 3.99. The van der Waals surface area contributed by atoms with Crippen LogP contribution >= 0.6 is 11.3 Å². The third kappa shape index (κ3) is 2.71. The van der Waals surface area contributed by atoms with Crippen molar-refractivity contribution in [1.29, 1.82) is 5.26 Å². The average molecular weight is 296 g/mol. The lowest BCUT2D eigenvalue weighted by Crippen LogP contribution is -2.25. The van der Waals surface area contributed by atoms with E-state index in [2.05, 4.69) is 0 Å². The number of aryl methyl sites for hydroxylation is 1. The van der Waals surface area contributed by atoms with Gasteiger partial charge in [-0.1, -0.05) is 0 Å². The second-order valence-corrected chi connectivity index (χ2v) is 7.35. The first kappa shape index (κ1) is 13.8. The van der Waals surface area contributed by atoms with E-state index < -0.39 is 10.0 Å². The highest BCUT2D eigenvalue weighted by molar-refractivity contribution is 7.91. The summed E-state index contributed by atoms with van der Waals surface area (Å²) in [6, 6.07) is 6.64. The van der Waals surface area contributed by atoms with Crippen LogP contribution in [0.25, 0.3) is 0 Å². The number of nitriles is 1. The van der Waals surface area contributed by atoms with E-state index in [0.717, 1.165) is 16.9 Å². The Morgan fingerprint density at radius 2 is 2.16 bits per heavy atom. The molecule has 0 saturated heterocycles. The number of thiophene rings is 1. The van der Waals surface area contributed by atoms with Crippen LogP contribution in [0, 0.1) is 18.3 Å². The van der Waals surface area contributed by atoms with Crippen molar-refractivity contribution in [1.82, 2.24) is 4.31 Å². The lowest BCUT2D eigenvalue weighted by Gasteiger charge is -2.15. The van der Waals surface area contributed by atoms with Crippen LogP contribution in [0.15, 0.2) is 33.1 Å². The molecular weight excluding hydrogens is 284 g/mol. The Bertz CT molecular complexity index is 722. The van der Waals surface area contributed by atoms with Gasteiger partial charge in [-0.2, -0.15) is 9.57 Å². The molecule has 0 saturated carbocycles. The number of nitrogens with zero attached hydrogens (tertiary/aromatic N) is 2. The Morgan fingerprint density at radius 3 is 2.68 bits per heavy atom. The number of sulfonamides is 1. The summed E-state index contributed by atoms with van der Waals surface area (Å²) in [5, 5.41) is 8.74. The molecule has 7 heteroatoms. The summed E-state index contributed by atoms with van der Waals surface area (Å²) >= 11 is 0.971. The number of hydrogen-bond acceptors (Lipinski definition) is 5. The molecule has 2 heterocycles. The molecule has 0 aliphatic carbocycles. The molecule has 0 N–H and O–H groups in total. The Kier molecular flexibility index (Phi) is 3.75. The molecule has 0 bridgehead atoms. The molecule has 100 valence electrons. The van der Waals surface area contributed by atoms with Crippen molar-refractivity contribution in [2.24, 2.45) is 0 Å². The minimum Gasteiger partial charge on any atom is -0.469 e. The zero-order valence-corrected chi connectivity index (χ0v) is 12.1. The summed E-state index contributed by atoms with van der Waals surface area (Å²) in [5.41, 5.74) is 0.822. The topological polar surface area (TPSA) is 74.3 Å². The van der Waals surface area contributed by atoms with Crippen molar-refractivity contribution in [3.63, 3.8) is 0 Å². The summed E-state index contributed by atoms with van der Waals surface area (Å²) in [5.74, 6) is 0.700. The molecule has 0 unspecified atom stereocenters. The van der Waals surface area contributed by atoms with Crippen LogP contribution in [0.5, 0.6) is 0 Å². The molecule has 2 rings (SSSR count). The van der Waals surface area contributed by atoms with Crippen molar-refractivity contribution in [2.45, 2.75) is 17.7 Å². The summed E-state index contributed by atoms with van der Waals surface area (Å²) < 4.78 is 31.2. The van der Waals surface area contributed by atoms with Crippen molar-refractivity contribution in [3.8, 4) is 6.07 Å². The zero-order valence-electron chi connectivity index (χ0n) is 10.5. The molecule has 19 heavy (non-hydrogen) atoms. The summed E-state index contributed by atoms with van der Waals surface area (Å²) in [4.78, 5) is 0.381. The maximum atomic E-state index is 12.3. The third-order valence-corrected chi connectivity index (χ3v) is 5.98. The van der Waals surface area contributed by atoms with Crippen molar-refractivity contribution in [2.75, 3.05) is 7.05 Å². The lowest BCUT2D eigenvalue weighted by molar-refractivity contribution is 0.460. The SMILES string of the molecule is Cc1occc1CN(C)S(=O)(=O)c1ccc(C#N)s1. The molecule has 0 fully saturated rings. The molecule has 0 aromatic carbocycles. The van der Waals surface area contributed by atoms with Gasteiger partial charge >= 0.3 is 0 Å². The highest BCUT2D eigenvalue weighted by Gasteiger charge is 2.23. The Morgan fingerprint density at radius 1 is 1.42 bits per heavy atom. The number of hydrogen-bond donors (Lipinski definition) is 0. The minimum atomic E-state index is -3.56. The summed E-state index contributed by atoms with van der Waals surface area (Å²) in [6.45, 7) is 2.03. The van der Waals surface area contributed by atoms with Gasteiger partial charge in [-0.3, -0.25) is 0 Å². The van der Waals surface area contributed by atoms with Crippen molar-refractivity contribution >= 4 is 21.4 Å². The van der Waals surface area contributed by atoms with Gasteiger partial charge in [-0.05, 0) is 25.1 Å². The van der Waals surface area contributed by atoms with Gasteiger partial charge < -0.3 is 4.42 Å². The Balaban J connectivity index is 2.25. The largest absolute Gasteiger partial charge is 0.469 e. The number of furan rings is 1. The van der Waals surface area contributed by atoms with Gasteiger partial charge in [0.1, 0.15) is 20.9 Å². The van der Waals surface area contributed by atoms with Crippen LogP contribution in [-0.4, -0.2) is 19.8 Å². The predicted octanol–water partition coefficient (Wildman–Crippen LogP) is 2.34. The van der Waals surface area contributed by atoms with Gasteiger partial charge in [0.2, 0.25) is 0 Å². The first-order valence-corrected chi connectivity index (χ1v) is 7.70. The molecule has 0 spiro atoms. The second kappa shape index (κ2) is 5.17. The van der Waals surface area contributed by atoms with E-state index in [0.29, 0.717) is 10.6 Å². The van der Waals surface area contributed by atoms with Gasteiger partial charge in [-0.25, -0.2) is 8.42 Å². The molecule has 0 aliphatic heterocycles. The van der Waals surface area contributed by atoms with E-state index in [1.807, 2.05) is 6.07 Å². The quantitative estimate of drug-likeness (QED) is 0.868. The van der Waals surface area contributed by atoms with Gasteiger partial charge in [0.15, 0.2) is 0 Å². The maximum Gasteiger partial charge on any atom is 0.252 e.